The van der Waals surface area contributed by atoms with Crippen LogP contribution in [0, 0.1) is 0 Å². The average Bonchev–Trinajstić information content (AvgIpc) is 2.70. The van der Waals surface area contributed by atoms with E-state index in [1.54, 1.807) is 0 Å². The lowest BCUT2D eigenvalue weighted by Crippen LogP contribution is -2.48. The summed E-state index contributed by atoms with van der Waals surface area (Å²) >= 11 is 1.96. The molecule has 1 heterocycles. The third-order valence-corrected chi connectivity index (χ3v) is 4.35. The van der Waals surface area contributed by atoms with Crippen LogP contribution in [-0.2, 0) is 0 Å². The standard InChI is InChI=1S/C11H20N2OS/c1-9-8-13(6-7-15-9)11(14)12-10-4-2-3-5-10/h9-10H,2-8H2,1H3,(H,12,14). The van der Waals surface area contributed by atoms with Crippen LogP contribution in [0.4, 0.5) is 4.79 Å². The molecule has 2 fully saturated rings. The van der Waals surface area contributed by atoms with E-state index < -0.39 is 0 Å². The maximum absolute atomic E-state index is 11.9. The molecule has 0 radical (unpaired) electrons. The number of amides is 2. The number of thioether (sulfide) groups is 1. The molecule has 1 unspecified atom stereocenters. The molecule has 0 spiro atoms. The van der Waals surface area contributed by atoms with Gasteiger partial charge in [-0.15, -0.1) is 0 Å². The van der Waals surface area contributed by atoms with Crippen LogP contribution in [0.3, 0.4) is 0 Å². The lowest BCUT2D eigenvalue weighted by atomic mass is 10.2. The minimum atomic E-state index is 0.161. The minimum absolute atomic E-state index is 0.161. The van der Waals surface area contributed by atoms with Gasteiger partial charge in [-0.1, -0.05) is 19.8 Å². The van der Waals surface area contributed by atoms with Gasteiger partial charge in [-0.2, -0.15) is 11.8 Å². The summed E-state index contributed by atoms with van der Waals surface area (Å²) < 4.78 is 0. The van der Waals surface area contributed by atoms with Crippen molar-refractivity contribution >= 4 is 17.8 Å². The summed E-state index contributed by atoms with van der Waals surface area (Å²) in [5, 5.41) is 3.74. The smallest absolute Gasteiger partial charge is 0.317 e. The topological polar surface area (TPSA) is 32.3 Å². The predicted octanol–water partition coefficient (Wildman–Crippen LogP) is 2.08. The number of nitrogens with one attached hydrogen (secondary N) is 1. The van der Waals surface area contributed by atoms with E-state index in [1.807, 2.05) is 16.7 Å². The van der Waals surface area contributed by atoms with Crippen molar-refractivity contribution in [2.24, 2.45) is 0 Å². The van der Waals surface area contributed by atoms with Crippen molar-refractivity contribution in [3.63, 3.8) is 0 Å². The van der Waals surface area contributed by atoms with Gasteiger partial charge >= 0.3 is 6.03 Å². The zero-order valence-electron chi connectivity index (χ0n) is 9.37. The zero-order chi connectivity index (χ0) is 10.7. The third kappa shape index (κ3) is 3.03. The molecule has 1 saturated carbocycles. The van der Waals surface area contributed by atoms with Crippen molar-refractivity contribution in [3.8, 4) is 0 Å². The Balaban J connectivity index is 1.78. The second-order valence-electron chi connectivity index (χ2n) is 4.56. The quantitative estimate of drug-likeness (QED) is 0.745. The zero-order valence-corrected chi connectivity index (χ0v) is 10.2. The molecule has 4 heteroatoms. The highest BCUT2D eigenvalue weighted by Crippen LogP contribution is 2.20. The first-order valence-corrected chi connectivity index (χ1v) is 6.97. The van der Waals surface area contributed by atoms with Crippen LogP contribution in [0.1, 0.15) is 32.6 Å². The third-order valence-electron chi connectivity index (χ3n) is 3.21. The lowest BCUT2D eigenvalue weighted by Gasteiger charge is -2.31. The van der Waals surface area contributed by atoms with E-state index in [0.29, 0.717) is 11.3 Å². The molecule has 3 nitrogen and oxygen atoms in total. The summed E-state index contributed by atoms with van der Waals surface area (Å²) in [6.07, 6.45) is 4.89. The molecule has 1 saturated heterocycles. The van der Waals surface area contributed by atoms with Crippen molar-refractivity contribution in [2.45, 2.75) is 43.9 Å². The molecule has 2 rings (SSSR count). The van der Waals surface area contributed by atoms with Gasteiger partial charge in [0.2, 0.25) is 0 Å². The number of nitrogens with zero attached hydrogens (tertiary/aromatic N) is 1. The number of carbonyl (C=O) groups excluding carboxylic acids is 1. The van der Waals surface area contributed by atoms with Crippen LogP contribution in [0.2, 0.25) is 0 Å². The van der Waals surface area contributed by atoms with Gasteiger partial charge in [-0.25, -0.2) is 4.79 Å². The van der Waals surface area contributed by atoms with Gasteiger partial charge in [-0.3, -0.25) is 0 Å². The molecule has 0 bridgehead atoms. The molecule has 1 atom stereocenters. The van der Waals surface area contributed by atoms with Crippen molar-refractivity contribution in [3.05, 3.63) is 0 Å². The van der Waals surface area contributed by atoms with Crippen LogP contribution >= 0.6 is 11.8 Å². The Morgan fingerprint density at radius 1 is 1.40 bits per heavy atom. The van der Waals surface area contributed by atoms with Crippen LogP contribution in [0.15, 0.2) is 0 Å². The Morgan fingerprint density at radius 2 is 2.13 bits per heavy atom. The average molecular weight is 228 g/mol. The molecule has 0 aromatic carbocycles. The Bertz CT molecular complexity index is 229. The highest BCUT2D eigenvalue weighted by atomic mass is 32.2. The van der Waals surface area contributed by atoms with Crippen LogP contribution < -0.4 is 5.32 Å². The summed E-state index contributed by atoms with van der Waals surface area (Å²) in [5.74, 6) is 1.08. The van der Waals surface area contributed by atoms with E-state index in [0.717, 1.165) is 18.8 Å². The number of urea groups is 1. The maximum atomic E-state index is 11.9. The fraction of sp³-hybridized carbons (Fsp3) is 0.909. The molecule has 1 aliphatic carbocycles. The van der Waals surface area contributed by atoms with Crippen molar-refractivity contribution < 1.29 is 4.79 Å². The van der Waals surface area contributed by atoms with Gasteiger partial charge in [0.05, 0.1) is 0 Å². The first-order valence-electron chi connectivity index (χ1n) is 5.93. The number of hydrogen-bond acceptors (Lipinski definition) is 2. The second kappa shape index (κ2) is 5.10. The molecule has 2 aliphatic rings. The Kier molecular flexibility index (Phi) is 3.78. The van der Waals surface area contributed by atoms with Crippen molar-refractivity contribution in [1.29, 1.82) is 0 Å². The van der Waals surface area contributed by atoms with E-state index in [9.17, 15) is 4.79 Å². The molecular formula is C11H20N2OS. The van der Waals surface area contributed by atoms with E-state index in [-0.39, 0.29) is 6.03 Å². The first kappa shape index (κ1) is 11.1. The van der Waals surface area contributed by atoms with Gasteiger partial charge < -0.3 is 10.2 Å². The summed E-state index contributed by atoms with van der Waals surface area (Å²) in [6.45, 7) is 4.01. The first-order chi connectivity index (χ1) is 7.25. The Hall–Kier alpha value is -0.380. The normalized spacial score (nSPS) is 28.1. The summed E-state index contributed by atoms with van der Waals surface area (Å²) in [5.41, 5.74) is 0. The molecule has 2 amide bonds. The van der Waals surface area contributed by atoms with Gasteiger partial charge in [0.25, 0.3) is 0 Å². The molecule has 1 N–H and O–H groups in total. The van der Waals surface area contributed by atoms with Gasteiger partial charge in [0, 0.05) is 30.1 Å². The fourth-order valence-electron chi connectivity index (χ4n) is 2.34. The van der Waals surface area contributed by atoms with E-state index in [4.69, 9.17) is 0 Å². The number of carbonyl (C=O) groups is 1. The van der Waals surface area contributed by atoms with E-state index in [1.165, 1.54) is 25.7 Å². The minimum Gasteiger partial charge on any atom is -0.335 e. The van der Waals surface area contributed by atoms with E-state index in [2.05, 4.69) is 12.2 Å². The molecule has 0 aromatic rings. The highest BCUT2D eigenvalue weighted by molar-refractivity contribution is 7.99. The number of rotatable bonds is 1. The second-order valence-corrected chi connectivity index (χ2v) is 6.10. The summed E-state index contributed by atoms with van der Waals surface area (Å²) in [7, 11) is 0. The monoisotopic (exact) mass is 228 g/mol. The van der Waals surface area contributed by atoms with Gasteiger partial charge in [0.1, 0.15) is 0 Å². The summed E-state index contributed by atoms with van der Waals surface area (Å²) in [4.78, 5) is 13.9. The van der Waals surface area contributed by atoms with E-state index >= 15 is 0 Å². The lowest BCUT2D eigenvalue weighted by molar-refractivity contribution is 0.196. The van der Waals surface area contributed by atoms with Crippen LogP contribution in [0.25, 0.3) is 0 Å². The molecule has 86 valence electrons. The predicted molar refractivity (Wildman–Crippen MR) is 64.3 cm³/mol. The van der Waals surface area contributed by atoms with Gasteiger partial charge in [0.15, 0.2) is 0 Å². The molecular weight excluding hydrogens is 208 g/mol. The van der Waals surface area contributed by atoms with Crippen molar-refractivity contribution in [1.82, 2.24) is 10.2 Å². The Morgan fingerprint density at radius 3 is 2.80 bits per heavy atom. The highest BCUT2D eigenvalue weighted by Gasteiger charge is 2.24. The van der Waals surface area contributed by atoms with Gasteiger partial charge in [-0.05, 0) is 12.8 Å². The largest absolute Gasteiger partial charge is 0.335 e. The fourth-order valence-corrected chi connectivity index (χ4v) is 3.35. The van der Waals surface area contributed by atoms with Crippen LogP contribution in [0.5, 0.6) is 0 Å². The van der Waals surface area contributed by atoms with Crippen LogP contribution in [-0.4, -0.2) is 41.1 Å². The molecule has 0 aromatic heterocycles. The molecule has 15 heavy (non-hydrogen) atoms. The maximum Gasteiger partial charge on any atom is 0.317 e. The van der Waals surface area contributed by atoms with Crippen molar-refractivity contribution in [2.75, 3.05) is 18.8 Å². The SMILES string of the molecule is CC1CN(C(=O)NC2CCCC2)CCS1. The number of hydrogen-bond donors (Lipinski definition) is 1. The molecule has 1 aliphatic heterocycles. The summed E-state index contributed by atoms with van der Waals surface area (Å²) in [6, 6.07) is 0.608. The Labute approximate surface area is 96.0 Å².